The zero-order valence-electron chi connectivity index (χ0n) is 11.3. The third kappa shape index (κ3) is 4.94. The SMILES string of the molecule is CNC(C)(CCCCN(C)C(C)C)C(N)=O. The lowest BCUT2D eigenvalue weighted by Crippen LogP contribution is -2.51. The summed E-state index contributed by atoms with van der Waals surface area (Å²) in [6.45, 7) is 7.29. The van der Waals surface area contributed by atoms with E-state index in [1.165, 1.54) is 0 Å². The van der Waals surface area contributed by atoms with Gasteiger partial charge in [-0.05, 0) is 60.7 Å². The molecule has 0 radical (unpaired) electrons. The molecule has 1 amide bonds. The Hall–Kier alpha value is -0.610. The Morgan fingerprint density at radius 2 is 2.00 bits per heavy atom. The molecule has 3 N–H and O–H groups in total. The number of amides is 1. The van der Waals surface area contributed by atoms with E-state index in [4.69, 9.17) is 5.73 Å². The molecule has 0 aromatic carbocycles. The molecular weight excluding hydrogens is 202 g/mol. The standard InChI is InChI=1S/C12H27N3O/c1-10(2)15(5)9-7-6-8-12(3,14-4)11(13)16/h10,14H,6-9H2,1-5H3,(H2,13,16). The number of nitrogens with one attached hydrogen (secondary N) is 1. The molecule has 0 rings (SSSR count). The van der Waals surface area contributed by atoms with Gasteiger partial charge in [0.2, 0.25) is 5.91 Å². The van der Waals surface area contributed by atoms with Crippen LogP contribution in [0.25, 0.3) is 0 Å². The van der Waals surface area contributed by atoms with Crippen molar-refractivity contribution in [2.45, 2.75) is 51.6 Å². The van der Waals surface area contributed by atoms with Crippen LogP contribution in [-0.2, 0) is 4.79 Å². The molecule has 16 heavy (non-hydrogen) atoms. The Balaban J connectivity index is 3.85. The fourth-order valence-corrected chi connectivity index (χ4v) is 1.47. The highest BCUT2D eigenvalue weighted by molar-refractivity contribution is 5.84. The molecule has 0 aliphatic heterocycles. The lowest BCUT2D eigenvalue weighted by atomic mass is 9.94. The molecule has 0 saturated heterocycles. The van der Waals surface area contributed by atoms with Gasteiger partial charge in [0.15, 0.2) is 0 Å². The smallest absolute Gasteiger partial charge is 0.237 e. The van der Waals surface area contributed by atoms with E-state index < -0.39 is 5.54 Å². The van der Waals surface area contributed by atoms with Gasteiger partial charge in [-0.15, -0.1) is 0 Å². The van der Waals surface area contributed by atoms with Crippen LogP contribution in [0.3, 0.4) is 0 Å². The number of hydrogen-bond acceptors (Lipinski definition) is 3. The first kappa shape index (κ1) is 15.4. The van der Waals surface area contributed by atoms with Crippen molar-refractivity contribution in [1.82, 2.24) is 10.2 Å². The van der Waals surface area contributed by atoms with Gasteiger partial charge in [-0.3, -0.25) is 4.79 Å². The largest absolute Gasteiger partial charge is 0.368 e. The molecule has 0 bridgehead atoms. The van der Waals surface area contributed by atoms with Crippen molar-refractivity contribution < 1.29 is 4.79 Å². The van der Waals surface area contributed by atoms with E-state index in [0.29, 0.717) is 6.04 Å². The van der Waals surface area contributed by atoms with Crippen LogP contribution in [-0.4, -0.2) is 43.0 Å². The average molecular weight is 229 g/mol. The molecule has 4 heteroatoms. The van der Waals surface area contributed by atoms with E-state index >= 15 is 0 Å². The number of hydrogen-bond donors (Lipinski definition) is 2. The van der Waals surface area contributed by atoms with Crippen molar-refractivity contribution in [2.24, 2.45) is 5.73 Å². The maximum Gasteiger partial charge on any atom is 0.237 e. The molecule has 0 fully saturated rings. The molecule has 0 spiro atoms. The number of rotatable bonds is 8. The van der Waals surface area contributed by atoms with Crippen LogP contribution in [0.1, 0.15) is 40.0 Å². The summed E-state index contributed by atoms with van der Waals surface area (Å²) in [5, 5.41) is 3.00. The molecule has 96 valence electrons. The molecule has 0 aliphatic rings. The highest BCUT2D eigenvalue weighted by Gasteiger charge is 2.27. The molecule has 0 aromatic heterocycles. The highest BCUT2D eigenvalue weighted by atomic mass is 16.1. The quantitative estimate of drug-likeness (QED) is 0.610. The Labute approximate surface area is 99.6 Å². The molecule has 4 nitrogen and oxygen atoms in total. The van der Waals surface area contributed by atoms with Gasteiger partial charge in [-0.2, -0.15) is 0 Å². The third-order valence-corrected chi connectivity index (χ3v) is 3.41. The van der Waals surface area contributed by atoms with Crippen molar-refractivity contribution >= 4 is 5.91 Å². The van der Waals surface area contributed by atoms with Crippen molar-refractivity contribution in [2.75, 3.05) is 20.6 Å². The van der Waals surface area contributed by atoms with Crippen molar-refractivity contribution in [3.05, 3.63) is 0 Å². The van der Waals surface area contributed by atoms with Gasteiger partial charge in [0, 0.05) is 6.04 Å². The fraction of sp³-hybridized carbons (Fsp3) is 0.917. The van der Waals surface area contributed by atoms with Gasteiger partial charge < -0.3 is 16.0 Å². The lowest BCUT2D eigenvalue weighted by molar-refractivity contribution is -0.123. The van der Waals surface area contributed by atoms with E-state index in [9.17, 15) is 4.79 Å². The van der Waals surface area contributed by atoms with Crippen molar-refractivity contribution in [3.63, 3.8) is 0 Å². The molecular formula is C12H27N3O. The molecule has 0 aromatic rings. The minimum absolute atomic E-state index is 0.271. The fourth-order valence-electron chi connectivity index (χ4n) is 1.47. The predicted molar refractivity (Wildman–Crippen MR) is 68.3 cm³/mol. The summed E-state index contributed by atoms with van der Waals surface area (Å²) < 4.78 is 0. The number of likely N-dealkylation sites (N-methyl/N-ethyl adjacent to an activating group) is 1. The summed E-state index contributed by atoms with van der Waals surface area (Å²) in [5.74, 6) is -0.271. The number of carbonyl (C=O) groups is 1. The van der Waals surface area contributed by atoms with E-state index in [1.807, 2.05) is 6.92 Å². The number of primary amides is 1. The Morgan fingerprint density at radius 1 is 1.44 bits per heavy atom. The van der Waals surface area contributed by atoms with E-state index in [-0.39, 0.29) is 5.91 Å². The van der Waals surface area contributed by atoms with Crippen molar-refractivity contribution in [1.29, 1.82) is 0 Å². The summed E-state index contributed by atoms with van der Waals surface area (Å²) >= 11 is 0. The maximum atomic E-state index is 11.2. The molecule has 0 heterocycles. The van der Waals surface area contributed by atoms with Crippen LogP contribution in [0.2, 0.25) is 0 Å². The normalized spacial score (nSPS) is 15.4. The first-order chi connectivity index (χ1) is 7.33. The molecule has 1 atom stereocenters. The van der Waals surface area contributed by atoms with Crippen LogP contribution in [0.5, 0.6) is 0 Å². The molecule has 0 aliphatic carbocycles. The second kappa shape index (κ2) is 6.86. The highest BCUT2D eigenvalue weighted by Crippen LogP contribution is 2.13. The van der Waals surface area contributed by atoms with Gasteiger partial charge >= 0.3 is 0 Å². The van der Waals surface area contributed by atoms with Gasteiger partial charge in [-0.1, -0.05) is 0 Å². The maximum absolute atomic E-state index is 11.2. The number of unbranched alkanes of at least 4 members (excludes halogenated alkanes) is 1. The second-order valence-electron chi connectivity index (χ2n) is 4.98. The Morgan fingerprint density at radius 3 is 2.38 bits per heavy atom. The Bertz CT molecular complexity index is 218. The van der Waals surface area contributed by atoms with E-state index in [0.717, 1.165) is 25.8 Å². The minimum atomic E-state index is -0.559. The summed E-state index contributed by atoms with van der Waals surface area (Å²) in [7, 11) is 3.90. The average Bonchev–Trinajstić information content (AvgIpc) is 2.23. The van der Waals surface area contributed by atoms with Crippen LogP contribution >= 0.6 is 0 Å². The van der Waals surface area contributed by atoms with Gasteiger partial charge in [0.05, 0.1) is 5.54 Å². The predicted octanol–water partition coefficient (Wildman–Crippen LogP) is 0.960. The summed E-state index contributed by atoms with van der Waals surface area (Å²) in [6, 6.07) is 0.576. The number of carbonyl (C=O) groups excluding carboxylic acids is 1. The van der Waals surface area contributed by atoms with Gasteiger partial charge in [0.25, 0.3) is 0 Å². The lowest BCUT2D eigenvalue weighted by Gasteiger charge is -2.26. The van der Waals surface area contributed by atoms with E-state index in [2.05, 4.69) is 31.1 Å². The number of nitrogens with zero attached hydrogens (tertiary/aromatic N) is 1. The zero-order chi connectivity index (χ0) is 12.8. The van der Waals surface area contributed by atoms with Crippen LogP contribution in [0.4, 0.5) is 0 Å². The van der Waals surface area contributed by atoms with Crippen LogP contribution in [0, 0.1) is 0 Å². The second-order valence-corrected chi connectivity index (χ2v) is 4.98. The summed E-state index contributed by atoms with van der Waals surface area (Å²) in [6.07, 6.45) is 2.90. The first-order valence-corrected chi connectivity index (χ1v) is 6.02. The molecule has 1 unspecified atom stereocenters. The van der Waals surface area contributed by atoms with Gasteiger partial charge in [-0.25, -0.2) is 0 Å². The Kier molecular flexibility index (Phi) is 6.60. The van der Waals surface area contributed by atoms with Crippen molar-refractivity contribution in [3.8, 4) is 0 Å². The van der Waals surface area contributed by atoms with Crippen LogP contribution < -0.4 is 11.1 Å². The van der Waals surface area contributed by atoms with Gasteiger partial charge in [0.1, 0.15) is 0 Å². The summed E-state index contributed by atoms with van der Waals surface area (Å²) in [4.78, 5) is 13.5. The number of nitrogens with two attached hydrogens (primary N) is 1. The minimum Gasteiger partial charge on any atom is -0.368 e. The molecule has 0 saturated carbocycles. The zero-order valence-corrected chi connectivity index (χ0v) is 11.3. The first-order valence-electron chi connectivity index (χ1n) is 6.02. The third-order valence-electron chi connectivity index (χ3n) is 3.41. The summed E-state index contributed by atoms with van der Waals surface area (Å²) in [5.41, 5.74) is 4.80. The monoisotopic (exact) mass is 229 g/mol. The van der Waals surface area contributed by atoms with Crippen LogP contribution in [0.15, 0.2) is 0 Å². The topological polar surface area (TPSA) is 58.4 Å². The van der Waals surface area contributed by atoms with E-state index in [1.54, 1.807) is 7.05 Å².